The molecule has 0 aliphatic carbocycles. The number of nitrogens with one attached hydrogen (secondary N) is 1. The molecule has 7 heteroatoms. The van der Waals surface area contributed by atoms with E-state index in [1.165, 1.54) is 0 Å². The van der Waals surface area contributed by atoms with Crippen molar-refractivity contribution in [2.75, 3.05) is 12.8 Å². The molecule has 0 fully saturated rings. The number of aryl methyl sites for hydroxylation is 1. The normalized spacial score (nSPS) is 12.1. The van der Waals surface area contributed by atoms with Crippen molar-refractivity contribution in [3.63, 3.8) is 0 Å². The number of benzene rings is 2. The van der Waals surface area contributed by atoms with E-state index in [1.807, 2.05) is 66.9 Å². The highest BCUT2D eigenvalue weighted by molar-refractivity contribution is 8.00. The predicted molar refractivity (Wildman–Crippen MR) is 129 cm³/mol. The molecule has 31 heavy (non-hydrogen) atoms. The summed E-state index contributed by atoms with van der Waals surface area (Å²) in [4.78, 5) is 14.1. The minimum Gasteiger partial charge on any atom is -0.355 e. The summed E-state index contributed by atoms with van der Waals surface area (Å²) in [7, 11) is 0. The maximum atomic E-state index is 13.1. The third-order valence-electron chi connectivity index (χ3n) is 4.74. The number of carbonyl (C=O) groups is 1. The van der Waals surface area contributed by atoms with Crippen molar-refractivity contribution in [1.29, 1.82) is 0 Å². The Morgan fingerprint density at radius 3 is 2.35 bits per heavy atom. The maximum Gasteiger partial charge on any atom is 0.237 e. The Kier molecular flexibility index (Phi) is 9.03. The van der Waals surface area contributed by atoms with E-state index in [2.05, 4.69) is 33.9 Å². The van der Waals surface area contributed by atoms with Gasteiger partial charge in [0.2, 0.25) is 5.91 Å². The second-order valence-electron chi connectivity index (χ2n) is 7.72. The molecule has 0 saturated carbocycles. The summed E-state index contributed by atoms with van der Waals surface area (Å²) in [6.45, 7) is 5.92. The first-order valence-corrected chi connectivity index (χ1v) is 12.7. The number of nitrogens with zero attached hydrogens (tertiary/aromatic N) is 3. The third kappa shape index (κ3) is 6.87. The van der Waals surface area contributed by atoms with Crippen LogP contribution in [-0.2, 0) is 17.8 Å². The van der Waals surface area contributed by atoms with Crippen molar-refractivity contribution < 1.29 is 4.79 Å². The SMILES string of the molecule is CSc1nnc(CCCNC(=O)C(Sc2ccccc2)c2ccccc2)n1CC(C)C. The van der Waals surface area contributed by atoms with E-state index in [1.54, 1.807) is 23.5 Å². The molecule has 1 amide bonds. The molecule has 0 aliphatic heterocycles. The van der Waals surface area contributed by atoms with E-state index in [0.29, 0.717) is 12.5 Å². The highest BCUT2D eigenvalue weighted by atomic mass is 32.2. The molecule has 1 unspecified atom stereocenters. The Morgan fingerprint density at radius 2 is 1.71 bits per heavy atom. The molecule has 0 saturated heterocycles. The van der Waals surface area contributed by atoms with Gasteiger partial charge in [0.25, 0.3) is 0 Å². The quantitative estimate of drug-likeness (QED) is 0.317. The average molecular weight is 455 g/mol. The van der Waals surface area contributed by atoms with Crippen LogP contribution in [-0.4, -0.2) is 33.5 Å². The van der Waals surface area contributed by atoms with Gasteiger partial charge in [0.1, 0.15) is 11.1 Å². The van der Waals surface area contributed by atoms with E-state index < -0.39 is 0 Å². The van der Waals surface area contributed by atoms with Crippen LogP contribution in [0.25, 0.3) is 0 Å². The lowest BCUT2D eigenvalue weighted by Crippen LogP contribution is -2.29. The van der Waals surface area contributed by atoms with Crippen LogP contribution in [0.3, 0.4) is 0 Å². The largest absolute Gasteiger partial charge is 0.355 e. The Hall–Kier alpha value is -2.25. The Labute approximate surface area is 193 Å². The summed E-state index contributed by atoms with van der Waals surface area (Å²) in [5, 5.41) is 12.5. The molecular formula is C24H30N4OS2. The Morgan fingerprint density at radius 1 is 1.03 bits per heavy atom. The first-order valence-electron chi connectivity index (χ1n) is 10.6. The number of thioether (sulfide) groups is 2. The second kappa shape index (κ2) is 12.0. The number of carbonyl (C=O) groups excluding carboxylic acids is 1. The van der Waals surface area contributed by atoms with Gasteiger partial charge in [-0.3, -0.25) is 4.79 Å². The number of aromatic nitrogens is 3. The van der Waals surface area contributed by atoms with Gasteiger partial charge in [0, 0.05) is 24.4 Å². The van der Waals surface area contributed by atoms with Crippen molar-refractivity contribution in [3.05, 3.63) is 72.1 Å². The Balaban J connectivity index is 1.59. The smallest absolute Gasteiger partial charge is 0.237 e. The van der Waals surface area contributed by atoms with Gasteiger partial charge in [0.15, 0.2) is 5.16 Å². The molecule has 0 aliphatic rings. The number of hydrogen-bond acceptors (Lipinski definition) is 5. The van der Waals surface area contributed by atoms with Crippen LogP contribution in [0.5, 0.6) is 0 Å². The van der Waals surface area contributed by atoms with Crippen LogP contribution in [0.4, 0.5) is 0 Å². The minimum absolute atomic E-state index is 0.0357. The van der Waals surface area contributed by atoms with Gasteiger partial charge in [-0.1, -0.05) is 74.1 Å². The van der Waals surface area contributed by atoms with Gasteiger partial charge in [0.05, 0.1) is 0 Å². The molecule has 3 rings (SSSR count). The topological polar surface area (TPSA) is 59.8 Å². The van der Waals surface area contributed by atoms with E-state index in [-0.39, 0.29) is 11.2 Å². The lowest BCUT2D eigenvalue weighted by atomic mass is 10.1. The van der Waals surface area contributed by atoms with Gasteiger partial charge < -0.3 is 9.88 Å². The van der Waals surface area contributed by atoms with Crippen LogP contribution in [0, 0.1) is 5.92 Å². The van der Waals surface area contributed by atoms with Crippen molar-refractivity contribution in [2.45, 2.75) is 48.5 Å². The lowest BCUT2D eigenvalue weighted by Gasteiger charge is -2.17. The molecule has 0 radical (unpaired) electrons. The van der Waals surface area contributed by atoms with Crippen LogP contribution in [0.2, 0.25) is 0 Å². The molecular weight excluding hydrogens is 424 g/mol. The summed E-state index contributed by atoms with van der Waals surface area (Å²) >= 11 is 3.20. The first kappa shape index (κ1) is 23.4. The van der Waals surface area contributed by atoms with E-state index in [0.717, 1.165) is 40.8 Å². The van der Waals surface area contributed by atoms with E-state index in [4.69, 9.17) is 0 Å². The van der Waals surface area contributed by atoms with Crippen molar-refractivity contribution in [2.24, 2.45) is 5.92 Å². The number of hydrogen-bond donors (Lipinski definition) is 1. The molecule has 1 aromatic heterocycles. The summed E-state index contributed by atoms with van der Waals surface area (Å²) in [6, 6.07) is 20.0. The van der Waals surface area contributed by atoms with Crippen molar-refractivity contribution in [1.82, 2.24) is 20.1 Å². The molecule has 1 atom stereocenters. The molecule has 1 heterocycles. The fraction of sp³-hybridized carbons (Fsp3) is 0.375. The Bertz CT molecular complexity index is 945. The molecule has 5 nitrogen and oxygen atoms in total. The van der Waals surface area contributed by atoms with E-state index in [9.17, 15) is 4.79 Å². The highest BCUT2D eigenvalue weighted by Gasteiger charge is 2.21. The monoisotopic (exact) mass is 454 g/mol. The zero-order chi connectivity index (χ0) is 22.1. The molecule has 3 aromatic rings. The summed E-state index contributed by atoms with van der Waals surface area (Å²) in [6.07, 6.45) is 3.65. The summed E-state index contributed by atoms with van der Waals surface area (Å²) in [5.74, 6) is 1.56. The molecule has 0 spiro atoms. The van der Waals surface area contributed by atoms with Crippen molar-refractivity contribution >= 4 is 29.4 Å². The molecule has 164 valence electrons. The second-order valence-corrected chi connectivity index (χ2v) is 9.68. The number of rotatable bonds is 11. The molecule has 0 bridgehead atoms. The minimum atomic E-state index is -0.281. The predicted octanol–water partition coefficient (Wildman–Crippen LogP) is 5.24. The zero-order valence-electron chi connectivity index (χ0n) is 18.3. The van der Waals surface area contributed by atoms with Gasteiger partial charge in [-0.05, 0) is 36.3 Å². The zero-order valence-corrected chi connectivity index (χ0v) is 20.0. The average Bonchev–Trinajstić information content (AvgIpc) is 3.17. The van der Waals surface area contributed by atoms with Crippen LogP contribution < -0.4 is 5.32 Å². The summed E-state index contributed by atoms with van der Waals surface area (Å²) in [5.41, 5.74) is 1.01. The lowest BCUT2D eigenvalue weighted by molar-refractivity contribution is -0.120. The van der Waals surface area contributed by atoms with Crippen LogP contribution in [0.1, 0.15) is 36.9 Å². The van der Waals surface area contributed by atoms with Crippen LogP contribution in [0.15, 0.2) is 70.7 Å². The third-order valence-corrected chi connectivity index (χ3v) is 6.67. The first-order chi connectivity index (χ1) is 15.1. The van der Waals surface area contributed by atoms with Gasteiger partial charge >= 0.3 is 0 Å². The van der Waals surface area contributed by atoms with Crippen LogP contribution >= 0.6 is 23.5 Å². The summed E-state index contributed by atoms with van der Waals surface area (Å²) < 4.78 is 2.20. The van der Waals surface area contributed by atoms with Gasteiger partial charge in [-0.2, -0.15) is 0 Å². The fourth-order valence-electron chi connectivity index (χ4n) is 3.29. The number of amides is 1. The fourth-order valence-corrected chi connectivity index (χ4v) is 4.88. The molecule has 2 aromatic carbocycles. The standard InChI is InChI=1S/C24H30N4OS2/c1-18(2)17-28-21(26-27-24(28)30-3)15-10-16-25-23(29)22(19-11-6-4-7-12-19)31-20-13-8-5-9-14-20/h4-9,11-14,18,22H,10,15-17H2,1-3H3,(H,25,29). The highest BCUT2D eigenvalue weighted by Crippen LogP contribution is 2.35. The van der Waals surface area contributed by atoms with Crippen molar-refractivity contribution in [3.8, 4) is 0 Å². The molecule has 1 N–H and O–H groups in total. The van der Waals surface area contributed by atoms with Gasteiger partial charge in [-0.15, -0.1) is 22.0 Å². The van der Waals surface area contributed by atoms with E-state index >= 15 is 0 Å². The van der Waals surface area contributed by atoms with Gasteiger partial charge in [-0.25, -0.2) is 0 Å². The maximum absolute atomic E-state index is 13.1.